The zero-order valence-electron chi connectivity index (χ0n) is 23.0. The van der Waals surface area contributed by atoms with Gasteiger partial charge in [0.1, 0.15) is 5.82 Å². The Morgan fingerprint density at radius 2 is 1.74 bits per heavy atom. The number of aromatic nitrogens is 2. The van der Waals surface area contributed by atoms with E-state index in [0.717, 1.165) is 71.9 Å². The van der Waals surface area contributed by atoms with Crippen LogP contribution in [0.4, 0.5) is 11.5 Å². The van der Waals surface area contributed by atoms with E-state index in [2.05, 4.69) is 52.6 Å². The highest BCUT2D eigenvalue weighted by molar-refractivity contribution is 6.36. The lowest BCUT2D eigenvalue weighted by molar-refractivity contribution is -0.118. The summed E-state index contributed by atoms with van der Waals surface area (Å²) >= 11 is 6.59. The van der Waals surface area contributed by atoms with Crippen LogP contribution in [0.3, 0.4) is 0 Å². The van der Waals surface area contributed by atoms with Crippen LogP contribution in [0, 0.1) is 5.92 Å². The van der Waals surface area contributed by atoms with Gasteiger partial charge >= 0.3 is 6.01 Å². The normalized spacial score (nSPS) is 17.9. The van der Waals surface area contributed by atoms with Crippen LogP contribution in [0.15, 0.2) is 49.1 Å². The number of likely N-dealkylation sites (tertiary alicyclic amines) is 1. The number of nitrogens with zero attached hydrogens (tertiary/aromatic N) is 5. The molecule has 39 heavy (non-hydrogen) atoms. The number of rotatable bonds is 5. The Balaban J connectivity index is 0.000000455. The quantitative estimate of drug-likeness (QED) is 0.389. The summed E-state index contributed by atoms with van der Waals surface area (Å²) in [6.07, 6.45) is 6.73. The minimum Gasteiger partial charge on any atom is -0.467 e. The molecule has 2 saturated heterocycles. The SMILES string of the molecule is C=CC(=O)C1CCN(c2nc(OC)nc3c2CCN(c2cccc4cccc(Cl)c24)C3)CC1.CN1CCCC1. The second-order valence-electron chi connectivity index (χ2n) is 10.6. The van der Waals surface area contributed by atoms with E-state index in [1.54, 1.807) is 7.11 Å². The van der Waals surface area contributed by atoms with E-state index in [0.29, 0.717) is 12.6 Å². The van der Waals surface area contributed by atoms with Crippen LogP contribution < -0.4 is 14.5 Å². The third-order valence-electron chi connectivity index (χ3n) is 8.11. The summed E-state index contributed by atoms with van der Waals surface area (Å²) in [5.74, 6) is 1.14. The molecule has 0 unspecified atom stereocenters. The van der Waals surface area contributed by atoms with Gasteiger partial charge < -0.3 is 19.4 Å². The summed E-state index contributed by atoms with van der Waals surface area (Å²) < 4.78 is 5.46. The third kappa shape index (κ3) is 6.04. The topological polar surface area (TPSA) is 61.8 Å². The van der Waals surface area contributed by atoms with Gasteiger partial charge in [-0.1, -0.05) is 42.4 Å². The molecular weight excluding hydrogens is 510 g/mol. The van der Waals surface area contributed by atoms with Crippen LogP contribution in [0.2, 0.25) is 5.02 Å². The van der Waals surface area contributed by atoms with Crippen molar-refractivity contribution in [3.63, 3.8) is 0 Å². The Hall–Kier alpha value is -3.16. The first-order chi connectivity index (χ1) is 19.0. The smallest absolute Gasteiger partial charge is 0.318 e. The molecule has 206 valence electrons. The maximum Gasteiger partial charge on any atom is 0.318 e. The standard InChI is InChI=1S/C26H27ClN4O2.C5H11N/c1-3-23(32)17-10-13-30(14-11-17)25-19-12-15-31(16-21(19)28-26(29-25)33-2)22-9-5-7-18-6-4-8-20(27)24(18)22;1-6-4-2-3-5-6/h3-9,17H,1,10-16H2,2H3;2-5H2,1H3. The number of halogens is 1. The molecule has 3 aliphatic heterocycles. The van der Waals surface area contributed by atoms with Crippen molar-refractivity contribution in [3.05, 3.63) is 65.3 Å². The van der Waals surface area contributed by atoms with Crippen LogP contribution >= 0.6 is 11.6 Å². The Kier molecular flexibility index (Phi) is 8.68. The average Bonchev–Trinajstić information content (AvgIpc) is 3.47. The lowest BCUT2D eigenvalue weighted by atomic mass is 9.92. The number of methoxy groups -OCH3 is 1. The first-order valence-electron chi connectivity index (χ1n) is 13.9. The van der Waals surface area contributed by atoms with Gasteiger partial charge in [-0.05, 0) is 75.8 Å². The van der Waals surface area contributed by atoms with Crippen molar-refractivity contribution in [2.75, 3.05) is 56.7 Å². The number of hydrogen-bond acceptors (Lipinski definition) is 7. The monoisotopic (exact) mass is 547 g/mol. The number of hydrogen-bond donors (Lipinski definition) is 0. The third-order valence-corrected chi connectivity index (χ3v) is 8.42. The summed E-state index contributed by atoms with van der Waals surface area (Å²) in [7, 11) is 3.78. The molecule has 7 nitrogen and oxygen atoms in total. The summed E-state index contributed by atoms with van der Waals surface area (Å²) in [6, 6.07) is 12.7. The number of ether oxygens (including phenoxy) is 1. The van der Waals surface area contributed by atoms with Crippen LogP contribution in [-0.2, 0) is 17.8 Å². The number of benzene rings is 2. The van der Waals surface area contributed by atoms with Crippen LogP contribution in [0.5, 0.6) is 6.01 Å². The Bertz CT molecular complexity index is 1330. The van der Waals surface area contributed by atoms with E-state index >= 15 is 0 Å². The van der Waals surface area contributed by atoms with Crippen molar-refractivity contribution in [2.24, 2.45) is 5.92 Å². The molecule has 3 aliphatic rings. The molecule has 0 aliphatic carbocycles. The molecule has 4 heterocycles. The van der Waals surface area contributed by atoms with Gasteiger partial charge in [-0.3, -0.25) is 4.79 Å². The van der Waals surface area contributed by atoms with Crippen molar-refractivity contribution < 1.29 is 9.53 Å². The van der Waals surface area contributed by atoms with E-state index < -0.39 is 0 Å². The Morgan fingerprint density at radius 3 is 2.38 bits per heavy atom. The molecule has 2 fully saturated rings. The fourth-order valence-electron chi connectivity index (χ4n) is 5.90. The number of allylic oxidation sites excluding steroid dienone is 1. The van der Waals surface area contributed by atoms with E-state index in [4.69, 9.17) is 26.3 Å². The van der Waals surface area contributed by atoms with Crippen LogP contribution in [-0.4, -0.2) is 67.5 Å². The van der Waals surface area contributed by atoms with Crippen LogP contribution in [0.1, 0.15) is 36.9 Å². The number of fused-ring (bicyclic) bond motifs is 2. The average molecular weight is 548 g/mol. The molecule has 3 aromatic rings. The van der Waals surface area contributed by atoms with Gasteiger partial charge in [0.05, 0.1) is 24.4 Å². The van der Waals surface area contributed by atoms with Gasteiger partial charge in [-0.2, -0.15) is 9.97 Å². The van der Waals surface area contributed by atoms with Crippen molar-refractivity contribution in [3.8, 4) is 6.01 Å². The fraction of sp³-hybridized carbons (Fsp3) is 0.452. The Morgan fingerprint density at radius 1 is 1.03 bits per heavy atom. The van der Waals surface area contributed by atoms with Crippen molar-refractivity contribution in [1.29, 1.82) is 0 Å². The number of piperidine rings is 1. The van der Waals surface area contributed by atoms with E-state index in [1.165, 1.54) is 37.6 Å². The molecule has 8 heteroatoms. The minimum absolute atomic E-state index is 0.0601. The zero-order chi connectivity index (χ0) is 27.4. The fourth-order valence-corrected chi connectivity index (χ4v) is 6.18. The van der Waals surface area contributed by atoms with Crippen molar-refractivity contribution in [1.82, 2.24) is 14.9 Å². The summed E-state index contributed by atoms with van der Waals surface area (Å²) in [6.45, 7) is 9.37. The largest absolute Gasteiger partial charge is 0.467 e. The van der Waals surface area contributed by atoms with Gasteiger partial charge in [-0.25, -0.2) is 0 Å². The van der Waals surface area contributed by atoms with Crippen molar-refractivity contribution >= 4 is 39.7 Å². The molecule has 6 rings (SSSR count). The van der Waals surface area contributed by atoms with Gasteiger partial charge in [0, 0.05) is 42.2 Å². The van der Waals surface area contributed by atoms with Gasteiger partial charge in [0.25, 0.3) is 0 Å². The van der Waals surface area contributed by atoms with Crippen LogP contribution in [0.25, 0.3) is 10.8 Å². The molecular formula is C31H38ClN5O2. The van der Waals surface area contributed by atoms with Gasteiger partial charge in [0.15, 0.2) is 5.78 Å². The lowest BCUT2D eigenvalue weighted by Crippen LogP contribution is -2.39. The highest BCUT2D eigenvalue weighted by Gasteiger charge is 2.30. The van der Waals surface area contributed by atoms with E-state index in [9.17, 15) is 4.79 Å². The molecule has 0 bridgehead atoms. The number of carbonyl (C=O) groups is 1. The second kappa shape index (κ2) is 12.3. The maximum absolute atomic E-state index is 12.0. The Labute approximate surface area is 236 Å². The van der Waals surface area contributed by atoms with Gasteiger partial charge in [-0.15, -0.1) is 0 Å². The number of anilines is 2. The van der Waals surface area contributed by atoms with Gasteiger partial charge in [0.2, 0.25) is 0 Å². The first-order valence-corrected chi connectivity index (χ1v) is 14.3. The maximum atomic E-state index is 12.0. The first kappa shape index (κ1) is 27.4. The zero-order valence-corrected chi connectivity index (χ0v) is 23.8. The predicted molar refractivity (Wildman–Crippen MR) is 159 cm³/mol. The molecule has 1 aromatic heterocycles. The molecule has 0 atom stereocenters. The summed E-state index contributed by atoms with van der Waals surface area (Å²) in [4.78, 5) is 28.5. The second-order valence-corrected chi connectivity index (χ2v) is 11.0. The minimum atomic E-state index is 0.0601. The number of carbonyl (C=O) groups excluding carboxylic acids is 1. The molecule has 0 amide bonds. The molecule has 0 spiro atoms. The highest BCUT2D eigenvalue weighted by atomic mass is 35.5. The molecule has 0 radical (unpaired) electrons. The summed E-state index contributed by atoms with van der Waals surface area (Å²) in [5, 5.41) is 2.95. The summed E-state index contributed by atoms with van der Waals surface area (Å²) in [5.41, 5.74) is 3.27. The van der Waals surface area contributed by atoms with Crippen molar-refractivity contribution in [2.45, 2.75) is 38.6 Å². The molecule has 0 saturated carbocycles. The number of ketones is 1. The highest BCUT2D eigenvalue weighted by Crippen LogP contribution is 2.37. The van der Waals surface area contributed by atoms with E-state index in [1.807, 2.05) is 12.1 Å². The molecule has 0 N–H and O–H groups in total. The molecule has 2 aromatic carbocycles. The van der Waals surface area contributed by atoms with E-state index in [-0.39, 0.29) is 11.7 Å². The lowest BCUT2D eigenvalue weighted by Gasteiger charge is -2.36. The predicted octanol–water partition coefficient (Wildman–Crippen LogP) is 5.54.